The second-order valence-corrected chi connectivity index (χ2v) is 7.55. The highest BCUT2D eigenvalue weighted by Gasteiger charge is 2.46. The average molecular weight is 385 g/mol. The molecule has 0 atom stereocenters. The fourth-order valence-corrected chi connectivity index (χ4v) is 3.27. The predicted octanol–water partition coefficient (Wildman–Crippen LogP) is 5.46. The molecule has 0 saturated heterocycles. The summed E-state index contributed by atoms with van der Waals surface area (Å²) in [6, 6.07) is 9.69. The molecule has 0 unspecified atom stereocenters. The van der Waals surface area contributed by atoms with Gasteiger partial charge in [-0.05, 0) is 61.2 Å². The summed E-state index contributed by atoms with van der Waals surface area (Å²) in [7, 11) is 0. The Kier molecular flexibility index (Phi) is 4.56. The van der Waals surface area contributed by atoms with E-state index in [0.29, 0.717) is 16.7 Å². The van der Waals surface area contributed by atoms with E-state index < -0.39 is 28.6 Å². The van der Waals surface area contributed by atoms with Crippen LogP contribution in [0.3, 0.4) is 0 Å². The first-order chi connectivity index (χ1) is 12.6. The van der Waals surface area contributed by atoms with Crippen molar-refractivity contribution in [1.29, 1.82) is 0 Å². The van der Waals surface area contributed by atoms with Gasteiger partial charge < -0.3 is 5.11 Å². The molecule has 0 aromatic heterocycles. The fourth-order valence-electron chi connectivity index (χ4n) is 3.16. The van der Waals surface area contributed by atoms with Crippen LogP contribution in [0.25, 0.3) is 16.7 Å². The second kappa shape index (κ2) is 6.46. The lowest BCUT2D eigenvalue weighted by Crippen LogP contribution is -2.39. The number of halogens is 2. The number of ketones is 2. The summed E-state index contributed by atoms with van der Waals surface area (Å²) < 4.78 is 13.8. The van der Waals surface area contributed by atoms with Crippen LogP contribution in [0, 0.1) is 18.2 Å². The van der Waals surface area contributed by atoms with Crippen LogP contribution in [0.4, 0.5) is 4.39 Å². The summed E-state index contributed by atoms with van der Waals surface area (Å²) in [4.78, 5) is 25.3. The lowest BCUT2D eigenvalue weighted by molar-refractivity contribution is -0.133. The maximum Gasteiger partial charge on any atom is 0.180 e. The molecule has 0 heterocycles. The predicted molar refractivity (Wildman–Crippen MR) is 104 cm³/mol. The normalized spacial score (nSPS) is 16.9. The number of benzene rings is 2. The van der Waals surface area contributed by atoms with Gasteiger partial charge in [-0.15, -0.1) is 0 Å². The SMILES string of the molecule is C=C1C(=O)C(C)(C)C(=O)C(c2cc(-c3ccc(Cl)c(F)c3)ccc2C)=C1O. The number of hydrogen-bond acceptors (Lipinski definition) is 3. The molecule has 138 valence electrons. The molecule has 1 aliphatic rings. The quantitative estimate of drug-likeness (QED) is 0.552. The van der Waals surface area contributed by atoms with Crippen LogP contribution < -0.4 is 0 Å². The first-order valence-electron chi connectivity index (χ1n) is 8.34. The summed E-state index contributed by atoms with van der Waals surface area (Å²) in [6.45, 7) is 8.47. The molecule has 1 aliphatic carbocycles. The Balaban J connectivity index is 2.22. The van der Waals surface area contributed by atoms with Crippen molar-refractivity contribution < 1.29 is 19.1 Å². The van der Waals surface area contributed by atoms with Gasteiger partial charge in [0, 0.05) is 0 Å². The van der Waals surface area contributed by atoms with Crippen molar-refractivity contribution in [2.45, 2.75) is 20.8 Å². The van der Waals surface area contributed by atoms with Crippen LogP contribution >= 0.6 is 11.6 Å². The zero-order chi connectivity index (χ0) is 20.1. The van der Waals surface area contributed by atoms with Crippen molar-refractivity contribution in [2.24, 2.45) is 5.41 Å². The van der Waals surface area contributed by atoms with E-state index >= 15 is 0 Å². The molecule has 0 spiro atoms. The molecule has 2 aromatic rings. The number of carbonyl (C=O) groups excluding carboxylic acids is 2. The molecule has 3 rings (SSSR count). The number of Topliss-reactive ketones (excluding diaryl/α,β-unsaturated/α-hetero) is 2. The van der Waals surface area contributed by atoms with Crippen molar-refractivity contribution in [1.82, 2.24) is 0 Å². The molecular formula is C22H18ClFO3. The van der Waals surface area contributed by atoms with Crippen molar-refractivity contribution in [3.05, 3.63) is 76.3 Å². The number of aliphatic hydroxyl groups excluding tert-OH is 1. The highest BCUT2D eigenvalue weighted by Crippen LogP contribution is 2.41. The molecule has 3 nitrogen and oxygen atoms in total. The van der Waals surface area contributed by atoms with E-state index in [0.717, 1.165) is 5.56 Å². The highest BCUT2D eigenvalue weighted by molar-refractivity contribution is 6.36. The van der Waals surface area contributed by atoms with Gasteiger partial charge in [-0.3, -0.25) is 9.59 Å². The number of carbonyl (C=O) groups is 2. The molecule has 27 heavy (non-hydrogen) atoms. The monoisotopic (exact) mass is 384 g/mol. The lowest BCUT2D eigenvalue weighted by atomic mass is 9.70. The smallest absolute Gasteiger partial charge is 0.180 e. The molecule has 0 aliphatic heterocycles. The third kappa shape index (κ3) is 3.00. The molecular weight excluding hydrogens is 367 g/mol. The third-order valence-corrected chi connectivity index (χ3v) is 5.23. The van der Waals surface area contributed by atoms with Gasteiger partial charge in [0.05, 0.1) is 21.6 Å². The van der Waals surface area contributed by atoms with Crippen molar-refractivity contribution in [2.75, 3.05) is 0 Å². The first kappa shape index (κ1) is 19.1. The molecule has 0 amide bonds. The average Bonchev–Trinajstić information content (AvgIpc) is 2.63. The van der Waals surface area contributed by atoms with Gasteiger partial charge >= 0.3 is 0 Å². The summed E-state index contributed by atoms with van der Waals surface area (Å²) in [5, 5.41) is 10.5. The van der Waals surface area contributed by atoms with Gasteiger partial charge in [-0.2, -0.15) is 0 Å². The number of aliphatic hydroxyl groups is 1. The van der Waals surface area contributed by atoms with Crippen molar-refractivity contribution in [3.8, 4) is 11.1 Å². The van der Waals surface area contributed by atoms with Crippen LogP contribution in [0.15, 0.2) is 54.3 Å². The Labute approximate surface area is 161 Å². The van der Waals surface area contributed by atoms with Gasteiger partial charge in [0.15, 0.2) is 11.6 Å². The minimum Gasteiger partial charge on any atom is -0.506 e. The molecule has 0 saturated carbocycles. The molecule has 0 radical (unpaired) electrons. The van der Waals surface area contributed by atoms with Crippen LogP contribution in [-0.2, 0) is 9.59 Å². The van der Waals surface area contributed by atoms with E-state index in [1.54, 1.807) is 31.2 Å². The van der Waals surface area contributed by atoms with E-state index in [4.69, 9.17) is 11.6 Å². The Morgan fingerprint density at radius 1 is 1.04 bits per heavy atom. The highest BCUT2D eigenvalue weighted by atomic mass is 35.5. The first-order valence-corrected chi connectivity index (χ1v) is 8.72. The van der Waals surface area contributed by atoms with E-state index in [-0.39, 0.29) is 16.2 Å². The van der Waals surface area contributed by atoms with Crippen molar-refractivity contribution in [3.63, 3.8) is 0 Å². The van der Waals surface area contributed by atoms with Crippen LogP contribution in [0.1, 0.15) is 25.0 Å². The number of allylic oxidation sites excluding steroid dienone is 2. The Hall–Kier alpha value is -2.72. The van der Waals surface area contributed by atoms with E-state index in [1.807, 2.05) is 0 Å². The Morgan fingerprint density at radius 3 is 2.26 bits per heavy atom. The van der Waals surface area contributed by atoms with E-state index in [1.165, 1.54) is 26.0 Å². The standard InChI is InChI=1S/C22H18ClFO3/c1-11-5-6-13(14-7-8-16(23)17(24)10-14)9-15(11)18-19(25)12(2)20(26)22(3,4)21(18)27/h5-10,25H,2H2,1,3-4H3. The summed E-state index contributed by atoms with van der Waals surface area (Å²) in [5.74, 6) is -1.93. The van der Waals surface area contributed by atoms with Gasteiger partial charge in [0.1, 0.15) is 11.6 Å². The molecule has 1 N–H and O–H groups in total. The minimum absolute atomic E-state index is 0.0189. The Bertz CT molecular complexity index is 1050. The molecule has 5 heteroatoms. The van der Waals surface area contributed by atoms with E-state index in [2.05, 4.69) is 6.58 Å². The minimum atomic E-state index is -1.31. The fraction of sp³-hybridized carbons (Fsp3) is 0.182. The molecule has 0 bridgehead atoms. The van der Waals surface area contributed by atoms with Crippen LogP contribution in [0.2, 0.25) is 5.02 Å². The second-order valence-electron chi connectivity index (χ2n) is 7.14. The number of aryl methyl sites for hydroxylation is 1. The topological polar surface area (TPSA) is 54.4 Å². The Morgan fingerprint density at radius 2 is 1.63 bits per heavy atom. The van der Waals surface area contributed by atoms with Gasteiger partial charge in [-0.1, -0.05) is 36.4 Å². The van der Waals surface area contributed by atoms with E-state index in [9.17, 15) is 19.1 Å². The largest absolute Gasteiger partial charge is 0.506 e. The molecule has 0 fully saturated rings. The van der Waals surface area contributed by atoms with Gasteiger partial charge in [0.2, 0.25) is 0 Å². The zero-order valence-corrected chi connectivity index (χ0v) is 15.9. The maximum absolute atomic E-state index is 13.8. The third-order valence-electron chi connectivity index (χ3n) is 4.92. The van der Waals surface area contributed by atoms with Crippen molar-refractivity contribution >= 4 is 28.7 Å². The number of rotatable bonds is 2. The molecule has 2 aromatic carbocycles. The maximum atomic E-state index is 13.8. The zero-order valence-electron chi connectivity index (χ0n) is 15.2. The lowest BCUT2D eigenvalue weighted by Gasteiger charge is -2.30. The summed E-state index contributed by atoms with van der Waals surface area (Å²) in [5.41, 5.74) is 1.10. The van der Waals surface area contributed by atoms with Gasteiger partial charge in [0.25, 0.3) is 0 Å². The number of hydrogen-bond donors (Lipinski definition) is 1. The van der Waals surface area contributed by atoms with Crippen LogP contribution in [-0.4, -0.2) is 16.7 Å². The van der Waals surface area contributed by atoms with Gasteiger partial charge in [-0.25, -0.2) is 4.39 Å². The summed E-state index contributed by atoms with van der Waals surface area (Å²) in [6.07, 6.45) is 0. The summed E-state index contributed by atoms with van der Waals surface area (Å²) >= 11 is 5.74. The van der Waals surface area contributed by atoms with Crippen LogP contribution in [0.5, 0.6) is 0 Å².